The lowest BCUT2D eigenvalue weighted by Gasteiger charge is -2.17. The van der Waals surface area contributed by atoms with Crippen LogP contribution in [-0.2, 0) is 4.79 Å². The Labute approximate surface area is 162 Å². The van der Waals surface area contributed by atoms with Crippen LogP contribution in [0.3, 0.4) is 0 Å². The molecule has 2 aromatic carbocycles. The summed E-state index contributed by atoms with van der Waals surface area (Å²) in [6.45, 7) is 5.53. The van der Waals surface area contributed by atoms with E-state index in [0.717, 1.165) is 5.56 Å². The van der Waals surface area contributed by atoms with Crippen LogP contribution in [0.15, 0.2) is 60.0 Å². The van der Waals surface area contributed by atoms with Gasteiger partial charge in [-0.2, -0.15) is 0 Å². The second-order valence-corrected chi connectivity index (χ2v) is 7.63. The number of halogens is 1. The molecule has 0 spiro atoms. The molecule has 5 nitrogen and oxygen atoms in total. The number of aryl methyl sites for hydroxylation is 1. The zero-order valence-electron chi connectivity index (χ0n) is 15.4. The fourth-order valence-electron chi connectivity index (χ4n) is 2.60. The first-order valence-corrected chi connectivity index (χ1v) is 9.52. The third-order valence-corrected chi connectivity index (χ3v) is 5.40. The molecule has 27 heavy (non-hydrogen) atoms. The Kier molecular flexibility index (Phi) is 5.91. The highest BCUT2D eigenvalue weighted by Crippen LogP contribution is 2.27. The van der Waals surface area contributed by atoms with Gasteiger partial charge in [0.1, 0.15) is 12.1 Å². The van der Waals surface area contributed by atoms with E-state index >= 15 is 0 Å². The van der Waals surface area contributed by atoms with Crippen molar-refractivity contribution in [1.82, 2.24) is 14.8 Å². The van der Waals surface area contributed by atoms with E-state index in [-0.39, 0.29) is 17.8 Å². The van der Waals surface area contributed by atoms with Crippen molar-refractivity contribution in [2.24, 2.45) is 0 Å². The molecule has 2 atom stereocenters. The summed E-state index contributed by atoms with van der Waals surface area (Å²) in [5, 5.41) is 11.1. The van der Waals surface area contributed by atoms with Gasteiger partial charge in [0.2, 0.25) is 5.91 Å². The van der Waals surface area contributed by atoms with Crippen LogP contribution in [0.2, 0.25) is 0 Å². The Bertz CT molecular complexity index is 929. The summed E-state index contributed by atoms with van der Waals surface area (Å²) in [7, 11) is 0. The van der Waals surface area contributed by atoms with Crippen LogP contribution >= 0.6 is 11.8 Å². The number of carbonyl (C=O) groups excluding carboxylic acids is 1. The molecule has 0 aliphatic heterocycles. The molecule has 140 valence electrons. The standard InChI is InChI=1S/C20H21FN4OS/c1-13-9-10-17(11-18(13)21)23-19(26)15(3)27-20-24-22-12-25(20)14(2)16-7-5-4-6-8-16/h4-12,14-15H,1-3H3,(H,23,26)/t14-,15+/m0/s1. The third-order valence-electron chi connectivity index (χ3n) is 4.33. The Morgan fingerprint density at radius 1 is 1.19 bits per heavy atom. The fraction of sp³-hybridized carbons (Fsp3) is 0.250. The molecule has 0 saturated carbocycles. The van der Waals surface area contributed by atoms with Crippen LogP contribution in [0, 0.1) is 12.7 Å². The molecule has 1 heterocycles. The number of nitrogens with zero attached hydrogens (tertiary/aromatic N) is 3. The maximum absolute atomic E-state index is 13.7. The van der Waals surface area contributed by atoms with E-state index in [4.69, 9.17) is 0 Å². The first-order valence-electron chi connectivity index (χ1n) is 8.64. The normalized spacial score (nSPS) is 13.2. The lowest BCUT2D eigenvalue weighted by molar-refractivity contribution is -0.115. The molecule has 0 aliphatic carbocycles. The molecule has 0 saturated heterocycles. The number of benzene rings is 2. The van der Waals surface area contributed by atoms with E-state index in [0.29, 0.717) is 16.4 Å². The maximum Gasteiger partial charge on any atom is 0.237 e. The zero-order valence-corrected chi connectivity index (χ0v) is 16.2. The Balaban J connectivity index is 1.69. The molecule has 3 aromatic rings. The molecule has 0 aliphatic rings. The van der Waals surface area contributed by atoms with Gasteiger partial charge in [-0.05, 0) is 44.0 Å². The van der Waals surface area contributed by atoms with Gasteiger partial charge in [-0.1, -0.05) is 48.2 Å². The van der Waals surface area contributed by atoms with E-state index in [1.54, 1.807) is 32.3 Å². The first-order chi connectivity index (χ1) is 13.0. The molecule has 0 fully saturated rings. The van der Waals surface area contributed by atoms with Gasteiger partial charge >= 0.3 is 0 Å². The van der Waals surface area contributed by atoms with Gasteiger partial charge in [-0.25, -0.2) is 4.39 Å². The molecule has 3 rings (SSSR count). The van der Waals surface area contributed by atoms with Crippen molar-refractivity contribution >= 4 is 23.4 Å². The second-order valence-electron chi connectivity index (χ2n) is 6.32. The van der Waals surface area contributed by atoms with E-state index in [1.807, 2.05) is 34.9 Å². The highest BCUT2D eigenvalue weighted by Gasteiger charge is 2.20. The largest absolute Gasteiger partial charge is 0.325 e. The summed E-state index contributed by atoms with van der Waals surface area (Å²) in [5.41, 5.74) is 2.11. The number of nitrogens with one attached hydrogen (secondary N) is 1. The number of thioether (sulfide) groups is 1. The number of anilines is 1. The average molecular weight is 384 g/mol. The van der Waals surface area contributed by atoms with Gasteiger partial charge in [0.05, 0.1) is 11.3 Å². The summed E-state index contributed by atoms with van der Waals surface area (Å²) in [6, 6.07) is 14.7. The molecule has 0 radical (unpaired) electrons. The number of carbonyl (C=O) groups is 1. The van der Waals surface area contributed by atoms with Crippen LogP contribution in [-0.4, -0.2) is 25.9 Å². The second kappa shape index (κ2) is 8.35. The van der Waals surface area contributed by atoms with Crippen molar-refractivity contribution in [3.63, 3.8) is 0 Å². The summed E-state index contributed by atoms with van der Waals surface area (Å²) < 4.78 is 15.6. The maximum atomic E-state index is 13.7. The molecular formula is C20H21FN4OS. The minimum atomic E-state index is -0.416. The highest BCUT2D eigenvalue weighted by molar-refractivity contribution is 8.00. The van der Waals surface area contributed by atoms with E-state index in [9.17, 15) is 9.18 Å². The number of rotatable bonds is 6. The Hall–Kier alpha value is -2.67. The molecule has 0 unspecified atom stereocenters. The lowest BCUT2D eigenvalue weighted by atomic mass is 10.1. The predicted molar refractivity (Wildman–Crippen MR) is 105 cm³/mol. The number of hydrogen-bond acceptors (Lipinski definition) is 4. The van der Waals surface area contributed by atoms with E-state index < -0.39 is 5.25 Å². The first kappa shape index (κ1) is 19.1. The monoisotopic (exact) mass is 384 g/mol. The number of hydrogen-bond donors (Lipinski definition) is 1. The summed E-state index contributed by atoms with van der Waals surface area (Å²) in [6.07, 6.45) is 1.67. The third kappa shape index (κ3) is 4.54. The van der Waals surface area contributed by atoms with Gasteiger partial charge in [0, 0.05) is 5.69 Å². The van der Waals surface area contributed by atoms with Crippen LogP contribution < -0.4 is 5.32 Å². The minimum absolute atomic E-state index is 0.0464. The molecule has 1 N–H and O–H groups in total. The zero-order chi connectivity index (χ0) is 19.4. The quantitative estimate of drug-likeness (QED) is 0.638. The summed E-state index contributed by atoms with van der Waals surface area (Å²) >= 11 is 1.32. The summed E-state index contributed by atoms with van der Waals surface area (Å²) in [4.78, 5) is 12.5. The molecule has 1 aromatic heterocycles. The van der Waals surface area contributed by atoms with Crippen molar-refractivity contribution in [2.75, 3.05) is 5.32 Å². The smallest absolute Gasteiger partial charge is 0.237 e. The van der Waals surface area contributed by atoms with Gasteiger partial charge in [-0.3, -0.25) is 4.79 Å². The Morgan fingerprint density at radius 3 is 2.63 bits per heavy atom. The van der Waals surface area contributed by atoms with Crippen LogP contribution in [0.1, 0.15) is 31.0 Å². The number of aromatic nitrogens is 3. The average Bonchev–Trinajstić information content (AvgIpc) is 3.12. The van der Waals surface area contributed by atoms with Crippen molar-refractivity contribution in [3.8, 4) is 0 Å². The molecule has 1 amide bonds. The van der Waals surface area contributed by atoms with Gasteiger partial charge in [0.25, 0.3) is 0 Å². The topological polar surface area (TPSA) is 59.8 Å². The number of amides is 1. The van der Waals surface area contributed by atoms with Crippen LogP contribution in [0.4, 0.5) is 10.1 Å². The van der Waals surface area contributed by atoms with Gasteiger partial charge in [-0.15, -0.1) is 10.2 Å². The van der Waals surface area contributed by atoms with Gasteiger partial charge < -0.3 is 9.88 Å². The SMILES string of the molecule is Cc1ccc(NC(=O)[C@@H](C)Sc2nncn2[C@@H](C)c2ccccc2)cc1F. The molecule has 7 heteroatoms. The van der Waals surface area contributed by atoms with E-state index in [1.165, 1.54) is 17.8 Å². The lowest BCUT2D eigenvalue weighted by Crippen LogP contribution is -2.23. The van der Waals surface area contributed by atoms with Crippen molar-refractivity contribution in [2.45, 2.75) is 37.2 Å². The fourth-order valence-corrected chi connectivity index (χ4v) is 3.50. The van der Waals surface area contributed by atoms with Crippen molar-refractivity contribution in [1.29, 1.82) is 0 Å². The van der Waals surface area contributed by atoms with Crippen molar-refractivity contribution in [3.05, 3.63) is 71.8 Å². The minimum Gasteiger partial charge on any atom is -0.325 e. The van der Waals surface area contributed by atoms with Crippen molar-refractivity contribution < 1.29 is 9.18 Å². The molecule has 0 bridgehead atoms. The Morgan fingerprint density at radius 2 is 1.93 bits per heavy atom. The van der Waals surface area contributed by atoms with Crippen LogP contribution in [0.25, 0.3) is 0 Å². The highest BCUT2D eigenvalue weighted by atomic mass is 32.2. The summed E-state index contributed by atoms with van der Waals surface area (Å²) in [5.74, 6) is -0.560. The van der Waals surface area contributed by atoms with E-state index in [2.05, 4.69) is 22.4 Å². The molecular weight excluding hydrogens is 363 g/mol. The van der Waals surface area contributed by atoms with Crippen LogP contribution in [0.5, 0.6) is 0 Å². The van der Waals surface area contributed by atoms with Gasteiger partial charge in [0.15, 0.2) is 5.16 Å². The predicted octanol–water partition coefficient (Wildman–Crippen LogP) is 4.45.